The van der Waals surface area contributed by atoms with Crippen LogP contribution < -0.4 is 5.32 Å². The van der Waals surface area contributed by atoms with Crippen molar-refractivity contribution >= 4 is 5.69 Å². The van der Waals surface area contributed by atoms with Crippen molar-refractivity contribution < 1.29 is 10.0 Å². The van der Waals surface area contributed by atoms with Crippen molar-refractivity contribution in [2.45, 2.75) is 18.4 Å². The van der Waals surface area contributed by atoms with Gasteiger partial charge in [-0.25, -0.2) is 0 Å². The Morgan fingerprint density at radius 2 is 2.44 bits per heavy atom. The molecule has 1 unspecified atom stereocenters. The number of aliphatic hydroxyl groups is 1. The minimum absolute atomic E-state index is 0.0275. The molecule has 1 fully saturated rings. The lowest BCUT2D eigenvalue weighted by Gasteiger charge is -2.20. The summed E-state index contributed by atoms with van der Waals surface area (Å²) in [7, 11) is 0. The molecule has 86 valence electrons. The lowest BCUT2D eigenvalue weighted by molar-refractivity contribution is -0.385. The molecule has 2 heterocycles. The molecule has 1 aromatic heterocycles. The van der Waals surface area contributed by atoms with Crippen LogP contribution in [0.3, 0.4) is 0 Å². The molecule has 6 heteroatoms. The van der Waals surface area contributed by atoms with Gasteiger partial charge in [0.2, 0.25) is 0 Å². The van der Waals surface area contributed by atoms with Crippen LogP contribution >= 0.6 is 0 Å². The molecule has 0 bridgehead atoms. The van der Waals surface area contributed by atoms with Crippen LogP contribution in [-0.2, 0) is 6.42 Å². The fourth-order valence-electron chi connectivity index (χ4n) is 1.85. The number of aromatic nitrogens is 1. The maximum Gasteiger partial charge on any atom is 0.287 e. The first-order chi connectivity index (χ1) is 7.59. The summed E-state index contributed by atoms with van der Waals surface area (Å²) in [4.78, 5) is 13.9. The standard InChI is InChI=1S/C10H13N3O3/c14-10(3-4-11-7-10)5-8-1-2-9(6-12-8)13(15)16/h1-2,6,11,14H,3-5,7H2. The molecule has 1 aliphatic heterocycles. The van der Waals surface area contributed by atoms with Crippen molar-refractivity contribution in [3.8, 4) is 0 Å². The third-order valence-corrected chi connectivity index (χ3v) is 2.75. The van der Waals surface area contributed by atoms with Crippen LogP contribution in [-0.4, -0.2) is 33.7 Å². The molecule has 0 saturated carbocycles. The Balaban J connectivity index is 2.07. The summed E-state index contributed by atoms with van der Waals surface area (Å²) in [5.41, 5.74) is -0.111. The Bertz CT molecular complexity index is 385. The third-order valence-electron chi connectivity index (χ3n) is 2.75. The van der Waals surface area contributed by atoms with E-state index in [0.717, 1.165) is 6.54 Å². The molecule has 1 atom stereocenters. The van der Waals surface area contributed by atoms with Gasteiger partial charge in [0.05, 0.1) is 10.5 Å². The van der Waals surface area contributed by atoms with Gasteiger partial charge in [-0.3, -0.25) is 15.1 Å². The molecule has 0 spiro atoms. The summed E-state index contributed by atoms with van der Waals surface area (Å²) in [6.45, 7) is 1.34. The van der Waals surface area contributed by atoms with Crippen LogP contribution in [0.2, 0.25) is 0 Å². The van der Waals surface area contributed by atoms with Gasteiger partial charge in [0, 0.05) is 24.7 Å². The van der Waals surface area contributed by atoms with Crippen LogP contribution in [0.5, 0.6) is 0 Å². The zero-order valence-electron chi connectivity index (χ0n) is 8.72. The van der Waals surface area contributed by atoms with Gasteiger partial charge in [-0.15, -0.1) is 0 Å². The van der Waals surface area contributed by atoms with Gasteiger partial charge in [-0.05, 0) is 19.0 Å². The highest BCUT2D eigenvalue weighted by atomic mass is 16.6. The molecule has 6 nitrogen and oxygen atoms in total. The third kappa shape index (κ3) is 2.34. The number of nitro groups is 1. The first-order valence-electron chi connectivity index (χ1n) is 5.11. The highest BCUT2D eigenvalue weighted by Crippen LogP contribution is 2.20. The van der Waals surface area contributed by atoms with E-state index in [4.69, 9.17) is 0 Å². The molecule has 0 amide bonds. The van der Waals surface area contributed by atoms with Crippen molar-refractivity contribution in [1.82, 2.24) is 10.3 Å². The molecule has 16 heavy (non-hydrogen) atoms. The van der Waals surface area contributed by atoms with Gasteiger partial charge in [-0.2, -0.15) is 0 Å². The van der Waals surface area contributed by atoms with Crippen molar-refractivity contribution in [2.24, 2.45) is 0 Å². The van der Waals surface area contributed by atoms with Gasteiger partial charge in [0.25, 0.3) is 5.69 Å². The van der Waals surface area contributed by atoms with E-state index in [2.05, 4.69) is 10.3 Å². The first-order valence-corrected chi connectivity index (χ1v) is 5.11. The largest absolute Gasteiger partial charge is 0.388 e. The van der Waals surface area contributed by atoms with E-state index in [9.17, 15) is 15.2 Å². The molecule has 2 N–H and O–H groups in total. The van der Waals surface area contributed by atoms with Crippen molar-refractivity contribution in [1.29, 1.82) is 0 Å². The van der Waals surface area contributed by atoms with Crippen molar-refractivity contribution in [2.75, 3.05) is 13.1 Å². The van der Waals surface area contributed by atoms with E-state index < -0.39 is 10.5 Å². The average Bonchev–Trinajstić information content (AvgIpc) is 2.65. The van der Waals surface area contributed by atoms with E-state index in [0.29, 0.717) is 25.1 Å². The van der Waals surface area contributed by atoms with Crippen LogP contribution in [0.1, 0.15) is 12.1 Å². The van der Waals surface area contributed by atoms with Gasteiger partial charge in [-0.1, -0.05) is 0 Å². The molecule has 1 aromatic rings. The smallest absolute Gasteiger partial charge is 0.287 e. The summed E-state index contributed by atoms with van der Waals surface area (Å²) in [5.74, 6) is 0. The summed E-state index contributed by atoms with van der Waals surface area (Å²) in [5, 5.41) is 23.6. The fourth-order valence-corrected chi connectivity index (χ4v) is 1.85. The number of hydrogen-bond acceptors (Lipinski definition) is 5. The normalized spacial score (nSPS) is 24.6. The van der Waals surface area contributed by atoms with Crippen molar-refractivity contribution in [3.05, 3.63) is 34.1 Å². The van der Waals surface area contributed by atoms with E-state index in [1.165, 1.54) is 12.3 Å². The maximum absolute atomic E-state index is 10.4. The highest BCUT2D eigenvalue weighted by Gasteiger charge is 2.31. The second kappa shape index (κ2) is 4.15. The molecule has 0 radical (unpaired) electrons. The Kier molecular flexibility index (Phi) is 2.84. The Hall–Kier alpha value is -1.53. The SMILES string of the molecule is O=[N+]([O-])c1ccc(CC2(O)CCNC2)nc1. The fraction of sp³-hybridized carbons (Fsp3) is 0.500. The lowest BCUT2D eigenvalue weighted by Crippen LogP contribution is -2.34. The van der Waals surface area contributed by atoms with Gasteiger partial charge < -0.3 is 10.4 Å². The molecule has 0 aliphatic carbocycles. The zero-order chi connectivity index (χ0) is 11.6. The topological polar surface area (TPSA) is 88.3 Å². The quantitative estimate of drug-likeness (QED) is 0.566. The number of pyridine rings is 1. The number of β-amino-alcohol motifs (C(OH)–C–C–N with tert-alkyl or cyclic N) is 1. The zero-order valence-corrected chi connectivity index (χ0v) is 8.72. The first kappa shape index (κ1) is 11.0. The van der Waals surface area contributed by atoms with Crippen LogP contribution in [0.15, 0.2) is 18.3 Å². The molecule has 1 saturated heterocycles. The van der Waals surface area contributed by atoms with Crippen molar-refractivity contribution in [3.63, 3.8) is 0 Å². The van der Waals surface area contributed by atoms with E-state index in [-0.39, 0.29) is 5.69 Å². The number of hydrogen-bond donors (Lipinski definition) is 2. The second-order valence-electron chi connectivity index (χ2n) is 4.09. The van der Waals surface area contributed by atoms with Gasteiger partial charge in [0.15, 0.2) is 0 Å². The van der Waals surface area contributed by atoms with Gasteiger partial charge >= 0.3 is 0 Å². The predicted octanol–water partition coefficient (Wildman–Crippen LogP) is 0.257. The molecular weight excluding hydrogens is 210 g/mol. The van der Waals surface area contributed by atoms with Crippen LogP contribution in [0.25, 0.3) is 0 Å². The number of rotatable bonds is 3. The Labute approximate surface area is 92.5 Å². The summed E-state index contributed by atoms with van der Waals surface area (Å²) in [6.07, 6.45) is 2.34. The molecule has 1 aliphatic rings. The summed E-state index contributed by atoms with van der Waals surface area (Å²) >= 11 is 0. The molecule has 2 rings (SSSR count). The molecular formula is C10H13N3O3. The number of nitrogens with zero attached hydrogens (tertiary/aromatic N) is 2. The summed E-state index contributed by atoms with van der Waals surface area (Å²) < 4.78 is 0. The predicted molar refractivity (Wildman–Crippen MR) is 57.0 cm³/mol. The minimum atomic E-state index is -0.761. The van der Waals surface area contributed by atoms with Crippen LogP contribution in [0.4, 0.5) is 5.69 Å². The van der Waals surface area contributed by atoms with E-state index in [1.54, 1.807) is 6.07 Å². The Morgan fingerprint density at radius 1 is 1.62 bits per heavy atom. The lowest BCUT2D eigenvalue weighted by atomic mass is 9.96. The number of nitrogens with one attached hydrogen (secondary N) is 1. The molecule has 0 aromatic carbocycles. The van der Waals surface area contributed by atoms with Crippen LogP contribution in [0, 0.1) is 10.1 Å². The van der Waals surface area contributed by atoms with E-state index >= 15 is 0 Å². The highest BCUT2D eigenvalue weighted by molar-refractivity contribution is 5.27. The maximum atomic E-state index is 10.4. The average molecular weight is 223 g/mol. The van der Waals surface area contributed by atoms with Gasteiger partial charge in [0.1, 0.15) is 6.20 Å². The van der Waals surface area contributed by atoms with E-state index in [1.807, 2.05) is 0 Å². The summed E-state index contributed by atoms with van der Waals surface area (Å²) in [6, 6.07) is 3.00. The Morgan fingerprint density at radius 3 is 2.94 bits per heavy atom. The minimum Gasteiger partial charge on any atom is -0.388 e. The second-order valence-corrected chi connectivity index (χ2v) is 4.09. The monoisotopic (exact) mass is 223 g/mol.